The van der Waals surface area contributed by atoms with Crippen molar-refractivity contribution in [3.05, 3.63) is 63.6 Å². The molecule has 0 saturated heterocycles. The zero-order chi connectivity index (χ0) is 14.7. The number of anilines is 1. The van der Waals surface area contributed by atoms with Gasteiger partial charge in [0.05, 0.1) is 11.7 Å². The molecule has 0 aromatic heterocycles. The van der Waals surface area contributed by atoms with Crippen LogP contribution in [0.15, 0.2) is 46.9 Å². The third kappa shape index (κ3) is 3.26. The number of hydrogen-bond acceptors (Lipinski definition) is 2. The summed E-state index contributed by atoms with van der Waals surface area (Å²) in [5.41, 5.74) is 2.97. The van der Waals surface area contributed by atoms with E-state index in [1.807, 2.05) is 31.2 Å². The van der Waals surface area contributed by atoms with Gasteiger partial charge < -0.3 is 10.4 Å². The molecule has 0 heterocycles. The molecular formula is C16H16BrNO2. The highest BCUT2D eigenvalue weighted by molar-refractivity contribution is 9.10. The molecule has 1 unspecified atom stereocenters. The fraction of sp³-hybridized carbons (Fsp3) is 0.188. The Morgan fingerprint density at radius 2 is 1.95 bits per heavy atom. The Kier molecular flexibility index (Phi) is 4.57. The summed E-state index contributed by atoms with van der Waals surface area (Å²) < 4.78 is 0.754. The molecule has 104 valence electrons. The molecule has 1 atom stereocenters. The maximum absolute atomic E-state index is 12.3. The molecule has 0 radical (unpaired) electrons. The average molecular weight is 334 g/mol. The van der Waals surface area contributed by atoms with Gasteiger partial charge in [0, 0.05) is 15.7 Å². The molecule has 0 bridgehead atoms. The van der Waals surface area contributed by atoms with Crippen molar-refractivity contribution in [1.29, 1.82) is 0 Å². The summed E-state index contributed by atoms with van der Waals surface area (Å²) >= 11 is 3.40. The summed E-state index contributed by atoms with van der Waals surface area (Å²) in [6.07, 6.45) is -0.632. The van der Waals surface area contributed by atoms with Crippen molar-refractivity contribution in [2.45, 2.75) is 20.0 Å². The second-order valence-corrected chi connectivity index (χ2v) is 5.55. The van der Waals surface area contributed by atoms with Crippen molar-refractivity contribution in [2.75, 3.05) is 5.32 Å². The number of aliphatic hydroxyl groups excluding tert-OH is 1. The Labute approximate surface area is 126 Å². The van der Waals surface area contributed by atoms with Crippen molar-refractivity contribution in [1.82, 2.24) is 0 Å². The van der Waals surface area contributed by atoms with Crippen LogP contribution in [-0.2, 0) is 0 Å². The molecule has 0 aliphatic carbocycles. The van der Waals surface area contributed by atoms with Crippen LogP contribution in [-0.4, -0.2) is 11.0 Å². The van der Waals surface area contributed by atoms with Gasteiger partial charge in [-0.2, -0.15) is 0 Å². The lowest BCUT2D eigenvalue weighted by molar-refractivity contribution is 0.102. The number of nitrogens with one attached hydrogen (secondary N) is 1. The smallest absolute Gasteiger partial charge is 0.256 e. The van der Waals surface area contributed by atoms with Gasteiger partial charge in [0.1, 0.15) is 0 Å². The maximum Gasteiger partial charge on any atom is 0.256 e. The molecular weight excluding hydrogens is 318 g/mol. The standard InChI is InChI=1S/C16H16BrNO2/c1-10-7-8-13(14(17)9-10)16(20)18-15-6-4-3-5-12(15)11(2)19/h3-9,11,19H,1-2H3,(H,18,20). The maximum atomic E-state index is 12.3. The molecule has 2 rings (SSSR count). The van der Waals surface area contributed by atoms with Gasteiger partial charge in [-0.25, -0.2) is 0 Å². The normalized spacial score (nSPS) is 12.0. The molecule has 0 spiro atoms. The summed E-state index contributed by atoms with van der Waals surface area (Å²) in [7, 11) is 0. The predicted molar refractivity (Wildman–Crippen MR) is 83.9 cm³/mol. The molecule has 3 nitrogen and oxygen atoms in total. The Morgan fingerprint density at radius 3 is 2.60 bits per heavy atom. The van der Waals surface area contributed by atoms with E-state index in [0.29, 0.717) is 16.8 Å². The van der Waals surface area contributed by atoms with Crippen molar-refractivity contribution in [2.24, 2.45) is 0 Å². The minimum absolute atomic E-state index is 0.204. The van der Waals surface area contributed by atoms with Crippen molar-refractivity contribution in [3.63, 3.8) is 0 Å². The van der Waals surface area contributed by atoms with Crippen LogP contribution in [0.25, 0.3) is 0 Å². The van der Waals surface area contributed by atoms with Crippen LogP contribution in [0.1, 0.15) is 34.5 Å². The molecule has 20 heavy (non-hydrogen) atoms. The first kappa shape index (κ1) is 14.8. The number of benzene rings is 2. The third-order valence-electron chi connectivity index (χ3n) is 3.03. The second kappa shape index (κ2) is 6.20. The summed E-state index contributed by atoms with van der Waals surface area (Å²) in [4.78, 5) is 12.3. The largest absolute Gasteiger partial charge is 0.389 e. The molecule has 2 aromatic carbocycles. The number of para-hydroxylation sites is 1. The van der Waals surface area contributed by atoms with Gasteiger partial charge in [-0.15, -0.1) is 0 Å². The van der Waals surface area contributed by atoms with Crippen molar-refractivity contribution in [3.8, 4) is 0 Å². The summed E-state index contributed by atoms with van der Waals surface area (Å²) in [5.74, 6) is -0.204. The number of carbonyl (C=O) groups is 1. The average Bonchev–Trinajstić information content (AvgIpc) is 2.38. The van der Waals surface area contributed by atoms with E-state index in [1.54, 1.807) is 25.1 Å². The van der Waals surface area contributed by atoms with Gasteiger partial charge in [-0.3, -0.25) is 4.79 Å². The highest BCUT2D eigenvalue weighted by Crippen LogP contribution is 2.24. The molecule has 1 amide bonds. The van der Waals surface area contributed by atoms with Crippen LogP contribution in [0.5, 0.6) is 0 Å². The van der Waals surface area contributed by atoms with E-state index in [0.717, 1.165) is 10.0 Å². The topological polar surface area (TPSA) is 49.3 Å². The summed E-state index contributed by atoms with van der Waals surface area (Å²) in [6.45, 7) is 3.64. The van der Waals surface area contributed by atoms with Crippen LogP contribution >= 0.6 is 15.9 Å². The molecule has 2 aromatic rings. The van der Waals surface area contributed by atoms with Gasteiger partial charge in [-0.05, 0) is 53.5 Å². The third-order valence-corrected chi connectivity index (χ3v) is 3.68. The van der Waals surface area contributed by atoms with Crippen LogP contribution < -0.4 is 5.32 Å². The zero-order valence-electron chi connectivity index (χ0n) is 11.4. The summed E-state index contributed by atoms with van der Waals surface area (Å²) in [6, 6.07) is 12.8. The Hall–Kier alpha value is -1.65. The lowest BCUT2D eigenvalue weighted by Crippen LogP contribution is -2.14. The summed E-state index contributed by atoms with van der Waals surface area (Å²) in [5, 5.41) is 12.6. The van der Waals surface area contributed by atoms with E-state index in [2.05, 4.69) is 21.2 Å². The number of amides is 1. The van der Waals surface area contributed by atoms with Crippen LogP contribution in [0, 0.1) is 6.92 Å². The molecule has 0 fully saturated rings. The fourth-order valence-corrected chi connectivity index (χ4v) is 2.64. The van der Waals surface area contributed by atoms with E-state index in [1.165, 1.54) is 0 Å². The van der Waals surface area contributed by atoms with Gasteiger partial charge in [0.25, 0.3) is 5.91 Å². The SMILES string of the molecule is Cc1ccc(C(=O)Nc2ccccc2C(C)O)c(Br)c1. The Balaban J connectivity index is 2.28. The van der Waals surface area contributed by atoms with Gasteiger partial charge in [0.2, 0.25) is 0 Å². The highest BCUT2D eigenvalue weighted by atomic mass is 79.9. The number of halogens is 1. The Morgan fingerprint density at radius 1 is 1.25 bits per heavy atom. The number of rotatable bonds is 3. The first-order valence-corrected chi connectivity index (χ1v) is 7.13. The lowest BCUT2D eigenvalue weighted by Gasteiger charge is -2.13. The lowest BCUT2D eigenvalue weighted by atomic mass is 10.1. The molecule has 2 N–H and O–H groups in total. The minimum Gasteiger partial charge on any atom is -0.389 e. The van der Waals surface area contributed by atoms with Crippen molar-refractivity contribution < 1.29 is 9.90 Å². The minimum atomic E-state index is -0.632. The van der Waals surface area contributed by atoms with E-state index >= 15 is 0 Å². The molecule has 0 aliphatic heterocycles. The number of hydrogen-bond donors (Lipinski definition) is 2. The van der Waals surface area contributed by atoms with E-state index in [9.17, 15) is 9.90 Å². The highest BCUT2D eigenvalue weighted by Gasteiger charge is 2.13. The molecule has 0 aliphatic rings. The monoisotopic (exact) mass is 333 g/mol. The number of aryl methyl sites for hydroxylation is 1. The van der Waals surface area contributed by atoms with Gasteiger partial charge in [-0.1, -0.05) is 24.3 Å². The van der Waals surface area contributed by atoms with Gasteiger partial charge in [0.15, 0.2) is 0 Å². The first-order valence-electron chi connectivity index (χ1n) is 6.33. The number of aliphatic hydroxyl groups is 1. The van der Waals surface area contributed by atoms with Crippen LogP contribution in [0.4, 0.5) is 5.69 Å². The molecule has 0 saturated carbocycles. The predicted octanol–water partition coefficient (Wildman–Crippen LogP) is 4.06. The fourth-order valence-electron chi connectivity index (χ4n) is 1.97. The molecule has 4 heteroatoms. The quantitative estimate of drug-likeness (QED) is 0.889. The number of carbonyl (C=O) groups excluding carboxylic acids is 1. The van der Waals surface area contributed by atoms with Crippen LogP contribution in [0.3, 0.4) is 0 Å². The van der Waals surface area contributed by atoms with Crippen molar-refractivity contribution >= 4 is 27.5 Å². The van der Waals surface area contributed by atoms with E-state index < -0.39 is 6.10 Å². The second-order valence-electron chi connectivity index (χ2n) is 4.70. The van der Waals surface area contributed by atoms with E-state index in [-0.39, 0.29) is 5.91 Å². The van der Waals surface area contributed by atoms with Gasteiger partial charge >= 0.3 is 0 Å². The first-order chi connectivity index (χ1) is 9.49. The zero-order valence-corrected chi connectivity index (χ0v) is 12.9. The Bertz CT molecular complexity index is 638. The van der Waals surface area contributed by atoms with E-state index in [4.69, 9.17) is 0 Å². The van der Waals surface area contributed by atoms with Crippen LogP contribution in [0.2, 0.25) is 0 Å².